The summed E-state index contributed by atoms with van der Waals surface area (Å²) in [5.74, 6) is 1.12. The van der Waals surface area contributed by atoms with E-state index in [-0.39, 0.29) is 17.7 Å². The van der Waals surface area contributed by atoms with Crippen LogP contribution >= 0.6 is 11.8 Å². The maximum Gasteiger partial charge on any atom is 0.237 e. The molecule has 3 rings (SSSR count). The normalized spacial score (nSPS) is 12.2. The zero-order chi connectivity index (χ0) is 22.4. The number of anilines is 1. The number of thioether (sulfide) groups is 1. The molecule has 3 aromatic rings. The van der Waals surface area contributed by atoms with E-state index in [9.17, 15) is 4.79 Å². The smallest absolute Gasteiger partial charge is 0.237 e. The van der Waals surface area contributed by atoms with Gasteiger partial charge in [-0.3, -0.25) is 4.79 Å². The van der Waals surface area contributed by atoms with Crippen LogP contribution < -0.4 is 9.64 Å². The SMILES string of the molecule is CCOc1ccc2nc(SCC(=O)N(c3c(C)cccc3CC)[C@H](C)COC)[nH]c2c1. The Kier molecular flexibility index (Phi) is 7.98. The van der Waals surface area contributed by atoms with Crippen molar-refractivity contribution in [1.82, 2.24) is 9.97 Å². The van der Waals surface area contributed by atoms with Crippen LogP contribution in [0.4, 0.5) is 5.69 Å². The third-order valence-corrected chi connectivity index (χ3v) is 5.99. The van der Waals surface area contributed by atoms with Gasteiger partial charge in [0.15, 0.2) is 5.16 Å². The second kappa shape index (κ2) is 10.7. The predicted molar refractivity (Wildman–Crippen MR) is 127 cm³/mol. The number of imidazole rings is 1. The van der Waals surface area contributed by atoms with Gasteiger partial charge in [0, 0.05) is 13.2 Å². The molecule has 0 saturated carbocycles. The van der Waals surface area contributed by atoms with E-state index in [2.05, 4.69) is 35.9 Å². The molecule has 7 heteroatoms. The summed E-state index contributed by atoms with van der Waals surface area (Å²) < 4.78 is 10.9. The first-order valence-electron chi connectivity index (χ1n) is 10.6. The van der Waals surface area contributed by atoms with Gasteiger partial charge in [0.05, 0.1) is 41.7 Å². The fourth-order valence-corrected chi connectivity index (χ4v) is 4.49. The number of amides is 1. The van der Waals surface area contributed by atoms with E-state index in [4.69, 9.17) is 9.47 Å². The van der Waals surface area contributed by atoms with Crippen LogP contribution in [0.15, 0.2) is 41.6 Å². The number of aromatic nitrogens is 2. The third kappa shape index (κ3) is 5.40. The Morgan fingerprint density at radius 1 is 1.26 bits per heavy atom. The number of aryl methyl sites for hydroxylation is 2. The summed E-state index contributed by atoms with van der Waals surface area (Å²) in [6.07, 6.45) is 0.860. The number of ether oxygens (including phenoxy) is 2. The lowest BCUT2D eigenvalue weighted by atomic mass is 10.0. The number of fused-ring (bicyclic) bond motifs is 1. The molecule has 6 nitrogen and oxygen atoms in total. The molecule has 31 heavy (non-hydrogen) atoms. The van der Waals surface area contributed by atoms with Crippen LogP contribution in [0.3, 0.4) is 0 Å². The maximum atomic E-state index is 13.4. The molecular weight excluding hydrogens is 410 g/mol. The van der Waals surface area contributed by atoms with Gasteiger partial charge in [0.2, 0.25) is 5.91 Å². The Bertz CT molecular complexity index is 1030. The molecule has 166 valence electrons. The summed E-state index contributed by atoms with van der Waals surface area (Å²) in [5.41, 5.74) is 5.00. The lowest BCUT2D eigenvalue weighted by molar-refractivity contribution is -0.116. The lowest BCUT2D eigenvalue weighted by Gasteiger charge is -2.32. The Morgan fingerprint density at radius 3 is 2.77 bits per heavy atom. The topological polar surface area (TPSA) is 67.4 Å². The van der Waals surface area contributed by atoms with Crippen molar-refractivity contribution in [3.8, 4) is 5.75 Å². The van der Waals surface area contributed by atoms with Crippen molar-refractivity contribution in [3.63, 3.8) is 0 Å². The first-order chi connectivity index (χ1) is 15.0. The first-order valence-corrected chi connectivity index (χ1v) is 11.6. The van der Waals surface area contributed by atoms with Gasteiger partial charge in [-0.05, 0) is 50.5 Å². The number of aromatic amines is 1. The minimum atomic E-state index is -0.0751. The average Bonchev–Trinajstić information content (AvgIpc) is 3.16. The molecule has 0 saturated heterocycles. The number of benzene rings is 2. The van der Waals surface area contributed by atoms with Crippen LogP contribution in [0.1, 0.15) is 31.9 Å². The number of para-hydroxylation sites is 1. The minimum Gasteiger partial charge on any atom is -0.494 e. The Morgan fingerprint density at radius 2 is 2.06 bits per heavy atom. The number of hydrogen-bond acceptors (Lipinski definition) is 5. The number of H-pyrrole nitrogens is 1. The van der Waals surface area contributed by atoms with Crippen molar-refractivity contribution in [2.75, 3.05) is 31.0 Å². The molecule has 1 atom stereocenters. The van der Waals surface area contributed by atoms with Crippen molar-refractivity contribution in [2.45, 2.75) is 45.3 Å². The second-order valence-corrected chi connectivity index (χ2v) is 8.41. The molecule has 1 heterocycles. The van der Waals surface area contributed by atoms with E-state index >= 15 is 0 Å². The number of methoxy groups -OCH3 is 1. The Labute approximate surface area is 188 Å². The van der Waals surface area contributed by atoms with Crippen molar-refractivity contribution < 1.29 is 14.3 Å². The molecule has 0 spiro atoms. The van der Waals surface area contributed by atoms with E-state index < -0.39 is 0 Å². The monoisotopic (exact) mass is 441 g/mol. The van der Waals surface area contributed by atoms with Gasteiger partial charge in [-0.2, -0.15) is 0 Å². The highest BCUT2D eigenvalue weighted by Crippen LogP contribution is 2.30. The number of rotatable bonds is 10. The van der Waals surface area contributed by atoms with Crippen molar-refractivity contribution in [1.29, 1.82) is 0 Å². The molecule has 0 aliphatic heterocycles. The van der Waals surface area contributed by atoms with Gasteiger partial charge in [-0.1, -0.05) is 36.9 Å². The van der Waals surface area contributed by atoms with Gasteiger partial charge in [0.25, 0.3) is 0 Å². The summed E-state index contributed by atoms with van der Waals surface area (Å²) in [7, 11) is 1.66. The van der Waals surface area contributed by atoms with Gasteiger partial charge < -0.3 is 19.4 Å². The van der Waals surface area contributed by atoms with Gasteiger partial charge >= 0.3 is 0 Å². The van der Waals surface area contributed by atoms with E-state index in [1.54, 1.807) is 7.11 Å². The van der Waals surface area contributed by atoms with Gasteiger partial charge in [-0.25, -0.2) is 4.98 Å². The number of carbonyl (C=O) groups is 1. The standard InChI is InChI=1S/C24H31N3O3S/c1-6-18-10-8-9-16(3)23(18)27(17(4)14-29-5)22(28)15-31-24-25-20-12-11-19(30-7-2)13-21(20)26-24/h8-13,17H,6-7,14-15H2,1-5H3,(H,25,26)/t17-/m1/s1. The predicted octanol–water partition coefficient (Wildman–Crippen LogP) is 4.99. The van der Waals surface area contributed by atoms with Crippen LogP contribution in [-0.4, -0.2) is 48.0 Å². The Balaban J connectivity index is 1.82. The fraction of sp³-hybridized carbons (Fsp3) is 0.417. The molecule has 1 aromatic heterocycles. The summed E-state index contributed by atoms with van der Waals surface area (Å²) in [6, 6.07) is 11.9. The van der Waals surface area contributed by atoms with Crippen LogP contribution in [0, 0.1) is 6.92 Å². The van der Waals surface area contributed by atoms with Crippen molar-refractivity contribution in [2.24, 2.45) is 0 Å². The van der Waals surface area contributed by atoms with Gasteiger partial charge in [0.1, 0.15) is 5.75 Å². The number of carbonyl (C=O) groups excluding carboxylic acids is 1. The van der Waals surface area contributed by atoms with E-state index in [1.807, 2.05) is 43.0 Å². The minimum absolute atomic E-state index is 0.0361. The zero-order valence-electron chi connectivity index (χ0n) is 18.9. The molecule has 2 aromatic carbocycles. The highest BCUT2D eigenvalue weighted by molar-refractivity contribution is 7.99. The second-order valence-electron chi connectivity index (χ2n) is 7.45. The van der Waals surface area contributed by atoms with Crippen molar-refractivity contribution >= 4 is 34.4 Å². The van der Waals surface area contributed by atoms with E-state index in [0.717, 1.165) is 45.2 Å². The molecule has 0 fully saturated rings. The van der Waals surface area contributed by atoms with Crippen LogP contribution in [0.5, 0.6) is 5.75 Å². The van der Waals surface area contributed by atoms with Crippen LogP contribution in [-0.2, 0) is 16.0 Å². The van der Waals surface area contributed by atoms with E-state index in [1.165, 1.54) is 11.8 Å². The summed E-state index contributed by atoms with van der Waals surface area (Å²) in [4.78, 5) is 23.2. The maximum absolute atomic E-state index is 13.4. The zero-order valence-corrected chi connectivity index (χ0v) is 19.7. The van der Waals surface area contributed by atoms with Crippen LogP contribution in [0.25, 0.3) is 11.0 Å². The molecule has 0 aliphatic carbocycles. The number of nitrogens with zero attached hydrogens (tertiary/aromatic N) is 2. The molecule has 0 unspecified atom stereocenters. The largest absolute Gasteiger partial charge is 0.494 e. The fourth-order valence-electron chi connectivity index (χ4n) is 3.75. The summed E-state index contributed by atoms with van der Waals surface area (Å²) in [5, 5.41) is 0.719. The number of nitrogens with one attached hydrogen (secondary N) is 1. The number of hydrogen-bond donors (Lipinski definition) is 1. The molecule has 0 aliphatic rings. The lowest BCUT2D eigenvalue weighted by Crippen LogP contribution is -2.43. The molecule has 0 bridgehead atoms. The third-order valence-electron chi connectivity index (χ3n) is 5.14. The molecule has 0 radical (unpaired) electrons. The summed E-state index contributed by atoms with van der Waals surface area (Å²) >= 11 is 1.41. The van der Waals surface area contributed by atoms with Crippen molar-refractivity contribution in [3.05, 3.63) is 47.5 Å². The molecular formula is C24H31N3O3S. The molecule has 1 amide bonds. The Hall–Kier alpha value is -2.51. The van der Waals surface area contributed by atoms with Crippen LogP contribution in [0.2, 0.25) is 0 Å². The highest BCUT2D eigenvalue weighted by atomic mass is 32.2. The van der Waals surface area contributed by atoms with E-state index in [0.29, 0.717) is 13.2 Å². The highest BCUT2D eigenvalue weighted by Gasteiger charge is 2.25. The molecule has 1 N–H and O–H groups in total. The first kappa shape index (κ1) is 23.2. The average molecular weight is 442 g/mol. The summed E-state index contributed by atoms with van der Waals surface area (Å²) in [6.45, 7) is 9.23. The quantitative estimate of drug-likeness (QED) is 0.449. The van der Waals surface area contributed by atoms with Gasteiger partial charge in [-0.15, -0.1) is 0 Å².